The number of benzene rings is 2. The average Bonchev–Trinajstić information content (AvgIpc) is 2.89. The van der Waals surface area contributed by atoms with Gasteiger partial charge >= 0.3 is 0 Å². The number of imide groups is 1. The first-order valence-corrected chi connectivity index (χ1v) is 11.6. The average molecular weight is 484 g/mol. The van der Waals surface area contributed by atoms with Crippen molar-refractivity contribution in [3.63, 3.8) is 0 Å². The summed E-state index contributed by atoms with van der Waals surface area (Å²) >= 11 is 4.18. The molecule has 148 valence electrons. The maximum absolute atomic E-state index is 12.8. The summed E-state index contributed by atoms with van der Waals surface area (Å²) in [6.45, 7) is 0.113. The zero-order chi connectivity index (χ0) is 20.5. The summed E-state index contributed by atoms with van der Waals surface area (Å²) in [6.07, 6.45) is 0. The Bertz CT molecular complexity index is 1100. The predicted molar refractivity (Wildman–Crippen MR) is 115 cm³/mol. The molecular weight excluding hydrogens is 466 g/mol. The SMILES string of the molecule is CN(C)c1cccc2c(S(=O)(=O)NCCSC3=C(Br)C(=O)NC3=O)cccc12. The minimum atomic E-state index is -3.74. The third kappa shape index (κ3) is 4.09. The van der Waals surface area contributed by atoms with Crippen molar-refractivity contribution in [2.24, 2.45) is 0 Å². The molecule has 0 saturated carbocycles. The molecule has 0 bridgehead atoms. The lowest BCUT2D eigenvalue weighted by molar-refractivity contribution is -0.123. The van der Waals surface area contributed by atoms with Gasteiger partial charge in [0, 0.05) is 42.9 Å². The number of nitrogens with one attached hydrogen (secondary N) is 2. The van der Waals surface area contributed by atoms with Crippen LogP contribution in [0.1, 0.15) is 0 Å². The molecule has 0 unspecified atom stereocenters. The van der Waals surface area contributed by atoms with Crippen molar-refractivity contribution < 1.29 is 18.0 Å². The first-order chi connectivity index (χ1) is 13.2. The number of sulfonamides is 1. The molecule has 0 saturated heterocycles. The van der Waals surface area contributed by atoms with E-state index in [1.807, 2.05) is 37.2 Å². The Morgan fingerprint density at radius 3 is 2.39 bits per heavy atom. The van der Waals surface area contributed by atoms with Crippen LogP contribution < -0.4 is 14.9 Å². The molecule has 0 spiro atoms. The van der Waals surface area contributed by atoms with Gasteiger partial charge in [-0.25, -0.2) is 13.1 Å². The molecule has 10 heteroatoms. The maximum atomic E-state index is 12.8. The highest BCUT2D eigenvalue weighted by atomic mass is 79.9. The summed E-state index contributed by atoms with van der Waals surface area (Å²) < 4.78 is 28.4. The van der Waals surface area contributed by atoms with Gasteiger partial charge in [-0.15, -0.1) is 11.8 Å². The Morgan fingerprint density at radius 2 is 1.75 bits per heavy atom. The first kappa shape index (κ1) is 20.8. The highest BCUT2D eigenvalue weighted by Gasteiger charge is 2.28. The van der Waals surface area contributed by atoms with Crippen molar-refractivity contribution >= 4 is 66.0 Å². The Hall–Kier alpha value is -1.88. The number of carbonyl (C=O) groups is 2. The quantitative estimate of drug-likeness (QED) is 0.462. The van der Waals surface area contributed by atoms with Gasteiger partial charge in [-0.1, -0.05) is 24.3 Å². The second-order valence-corrected chi connectivity index (χ2v) is 9.83. The van der Waals surface area contributed by atoms with E-state index in [4.69, 9.17) is 0 Å². The van der Waals surface area contributed by atoms with Crippen molar-refractivity contribution in [1.29, 1.82) is 0 Å². The number of rotatable bonds is 7. The fraction of sp³-hybridized carbons (Fsp3) is 0.222. The van der Waals surface area contributed by atoms with Crippen LogP contribution in [0, 0.1) is 0 Å². The van der Waals surface area contributed by atoms with Crippen LogP contribution in [0.5, 0.6) is 0 Å². The first-order valence-electron chi connectivity index (χ1n) is 8.29. The maximum Gasteiger partial charge on any atom is 0.266 e. The lowest BCUT2D eigenvalue weighted by Gasteiger charge is -2.17. The van der Waals surface area contributed by atoms with Crippen LogP contribution in [0.25, 0.3) is 10.8 Å². The van der Waals surface area contributed by atoms with Gasteiger partial charge < -0.3 is 4.90 Å². The lowest BCUT2D eigenvalue weighted by atomic mass is 10.1. The van der Waals surface area contributed by atoms with Gasteiger partial charge in [0.05, 0.1) is 9.80 Å². The Labute approximate surface area is 175 Å². The summed E-state index contributed by atoms with van der Waals surface area (Å²) in [4.78, 5) is 25.5. The molecule has 2 amide bonds. The van der Waals surface area contributed by atoms with E-state index in [9.17, 15) is 18.0 Å². The minimum Gasteiger partial charge on any atom is -0.377 e. The number of nitrogens with zero attached hydrogens (tertiary/aromatic N) is 1. The summed E-state index contributed by atoms with van der Waals surface area (Å²) in [5.41, 5.74) is 0.929. The highest BCUT2D eigenvalue weighted by Crippen LogP contribution is 2.30. The zero-order valence-electron chi connectivity index (χ0n) is 15.2. The van der Waals surface area contributed by atoms with Gasteiger partial charge in [0.15, 0.2) is 0 Å². The summed E-state index contributed by atoms with van der Waals surface area (Å²) in [6, 6.07) is 10.7. The molecule has 0 radical (unpaired) electrons. The predicted octanol–water partition coefficient (Wildman–Crippen LogP) is 2.18. The summed E-state index contributed by atoms with van der Waals surface area (Å²) in [7, 11) is 0.0698. The molecule has 1 aliphatic rings. The van der Waals surface area contributed by atoms with E-state index < -0.39 is 21.8 Å². The molecule has 3 rings (SSSR count). The number of hydrogen-bond acceptors (Lipinski definition) is 6. The van der Waals surface area contributed by atoms with Crippen LogP contribution in [0.2, 0.25) is 0 Å². The molecule has 0 aliphatic carbocycles. The molecule has 0 fully saturated rings. The monoisotopic (exact) mass is 483 g/mol. The fourth-order valence-corrected chi connectivity index (χ4v) is 5.66. The van der Waals surface area contributed by atoms with Crippen molar-refractivity contribution in [2.45, 2.75) is 4.90 Å². The van der Waals surface area contributed by atoms with Crippen LogP contribution in [-0.2, 0) is 19.6 Å². The smallest absolute Gasteiger partial charge is 0.266 e. The highest BCUT2D eigenvalue weighted by molar-refractivity contribution is 9.12. The van der Waals surface area contributed by atoms with Crippen molar-refractivity contribution in [3.8, 4) is 0 Å². The van der Waals surface area contributed by atoms with E-state index in [0.29, 0.717) is 11.1 Å². The largest absolute Gasteiger partial charge is 0.377 e. The van der Waals surface area contributed by atoms with Crippen LogP contribution in [0.15, 0.2) is 50.7 Å². The van der Waals surface area contributed by atoms with E-state index in [1.165, 1.54) is 0 Å². The number of fused-ring (bicyclic) bond motifs is 1. The fourth-order valence-electron chi connectivity index (χ4n) is 2.84. The molecular formula is C18H18BrN3O4S2. The zero-order valence-corrected chi connectivity index (χ0v) is 18.4. The van der Waals surface area contributed by atoms with E-state index in [0.717, 1.165) is 22.8 Å². The van der Waals surface area contributed by atoms with Crippen molar-refractivity contribution in [1.82, 2.24) is 10.0 Å². The Balaban J connectivity index is 1.76. The molecule has 2 aromatic carbocycles. The number of halogens is 1. The molecule has 28 heavy (non-hydrogen) atoms. The molecule has 0 aromatic heterocycles. The Kier molecular flexibility index (Phi) is 6.13. The number of anilines is 1. The number of thioether (sulfide) groups is 1. The van der Waals surface area contributed by atoms with Gasteiger partial charge in [-0.05, 0) is 28.1 Å². The van der Waals surface area contributed by atoms with Crippen LogP contribution in [0.3, 0.4) is 0 Å². The topological polar surface area (TPSA) is 95.6 Å². The normalized spacial score (nSPS) is 14.7. The van der Waals surface area contributed by atoms with E-state index in [1.54, 1.807) is 18.2 Å². The van der Waals surface area contributed by atoms with E-state index >= 15 is 0 Å². The van der Waals surface area contributed by atoms with Crippen molar-refractivity contribution in [3.05, 3.63) is 45.8 Å². The third-order valence-corrected chi connectivity index (χ3v) is 7.73. The lowest BCUT2D eigenvalue weighted by Crippen LogP contribution is -2.26. The second kappa shape index (κ2) is 8.24. The molecule has 2 aromatic rings. The molecule has 7 nitrogen and oxygen atoms in total. The van der Waals surface area contributed by atoms with E-state index in [-0.39, 0.29) is 20.8 Å². The number of amides is 2. The van der Waals surface area contributed by atoms with Gasteiger partial charge in [-0.3, -0.25) is 14.9 Å². The van der Waals surface area contributed by atoms with Crippen LogP contribution >= 0.6 is 27.7 Å². The van der Waals surface area contributed by atoms with Gasteiger partial charge in [0.25, 0.3) is 11.8 Å². The molecule has 2 N–H and O–H groups in total. The summed E-state index contributed by atoms with van der Waals surface area (Å²) in [5.74, 6) is -0.659. The number of carbonyl (C=O) groups excluding carboxylic acids is 2. The standard InChI is InChI=1S/C18H18BrN3O4S2/c1-22(2)13-7-3-6-12-11(13)5-4-8-14(12)28(25,26)20-9-10-27-16-15(19)17(23)21-18(16)24/h3-8,20H,9-10H2,1-2H3,(H,21,23,24). The number of hydrogen-bond donors (Lipinski definition) is 2. The van der Waals surface area contributed by atoms with Crippen LogP contribution in [-0.4, -0.2) is 46.6 Å². The van der Waals surface area contributed by atoms with E-state index in [2.05, 4.69) is 26.0 Å². The Morgan fingerprint density at radius 1 is 1.07 bits per heavy atom. The van der Waals surface area contributed by atoms with Gasteiger partial charge in [0.2, 0.25) is 10.0 Å². The van der Waals surface area contributed by atoms with Crippen molar-refractivity contribution in [2.75, 3.05) is 31.3 Å². The second-order valence-electron chi connectivity index (χ2n) is 6.20. The molecule has 1 heterocycles. The van der Waals surface area contributed by atoms with Crippen LogP contribution in [0.4, 0.5) is 5.69 Å². The summed E-state index contributed by atoms with van der Waals surface area (Å²) in [5, 5.41) is 3.66. The minimum absolute atomic E-state index is 0.113. The molecule has 0 atom stereocenters. The van der Waals surface area contributed by atoms with Gasteiger partial charge in [-0.2, -0.15) is 0 Å². The molecule has 1 aliphatic heterocycles. The van der Waals surface area contributed by atoms with Gasteiger partial charge in [0.1, 0.15) is 4.48 Å². The third-order valence-electron chi connectivity index (χ3n) is 4.10.